The van der Waals surface area contributed by atoms with Crippen molar-refractivity contribution in [3.63, 3.8) is 0 Å². The van der Waals surface area contributed by atoms with Crippen LogP contribution in [0.4, 0.5) is 0 Å². The molecule has 0 saturated carbocycles. The van der Waals surface area contributed by atoms with Crippen molar-refractivity contribution in [1.29, 1.82) is 0 Å². The lowest BCUT2D eigenvalue weighted by atomic mass is 10.1. The first-order chi connectivity index (χ1) is 6.43. The molecule has 2 nitrogen and oxygen atoms in total. The lowest BCUT2D eigenvalue weighted by Crippen LogP contribution is -2.41. The maximum absolute atomic E-state index is 3.41. The van der Waals surface area contributed by atoms with E-state index >= 15 is 0 Å². The molecule has 0 atom stereocenters. The van der Waals surface area contributed by atoms with Crippen LogP contribution in [0.5, 0.6) is 0 Å². The van der Waals surface area contributed by atoms with E-state index in [9.17, 15) is 0 Å². The minimum absolute atomic E-state index is 1.12. The summed E-state index contributed by atoms with van der Waals surface area (Å²) in [4.78, 5) is 2.54. The molecule has 78 valence electrons. The van der Waals surface area contributed by atoms with Crippen molar-refractivity contribution in [3.8, 4) is 0 Å². The van der Waals surface area contributed by atoms with Crippen LogP contribution in [0.3, 0.4) is 0 Å². The molecule has 0 aliphatic carbocycles. The van der Waals surface area contributed by atoms with Gasteiger partial charge in [-0.05, 0) is 25.9 Å². The molecule has 1 aliphatic heterocycles. The zero-order valence-electron chi connectivity index (χ0n) is 9.02. The fourth-order valence-corrected chi connectivity index (χ4v) is 1.87. The molecule has 1 fully saturated rings. The fourth-order valence-electron chi connectivity index (χ4n) is 1.87. The third kappa shape index (κ3) is 5.27. The van der Waals surface area contributed by atoms with E-state index in [1.54, 1.807) is 0 Å². The van der Waals surface area contributed by atoms with Crippen LogP contribution in [0.2, 0.25) is 0 Å². The molecule has 0 unspecified atom stereocenters. The summed E-state index contributed by atoms with van der Waals surface area (Å²) in [6, 6.07) is 0. The van der Waals surface area contributed by atoms with E-state index in [2.05, 4.69) is 17.1 Å². The average Bonchev–Trinajstić information content (AvgIpc) is 2.19. The number of unbranched alkanes of at least 4 members (excludes halogenated alkanes) is 4. The van der Waals surface area contributed by atoms with Gasteiger partial charge in [0.1, 0.15) is 0 Å². The van der Waals surface area contributed by atoms with E-state index in [1.807, 2.05) is 0 Å². The van der Waals surface area contributed by atoms with Crippen LogP contribution in [0, 0.1) is 0 Å². The molecule has 1 N–H and O–H groups in total. The van der Waals surface area contributed by atoms with Crippen molar-refractivity contribution in [1.82, 2.24) is 10.2 Å². The van der Waals surface area contributed by atoms with Gasteiger partial charge in [-0.1, -0.05) is 32.6 Å². The molecule has 1 saturated heterocycles. The summed E-state index contributed by atoms with van der Waals surface area (Å²) in [7, 11) is 0. The van der Waals surface area contributed by atoms with Gasteiger partial charge in [-0.15, -0.1) is 0 Å². The predicted molar refractivity (Wildman–Crippen MR) is 57.8 cm³/mol. The minimum atomic E-state index is 1.12. The molecule has 1 heterocycles. The summed E-state index contributed by atoms with van der Waals surface area (Å²) < 4.78 is 0. The Morgan fingerprint density at radius 3 is 2.69 bits per heavy atom. The molecule has 2 heteroatoms. The van der Waals surface area contributed by atoms with Gasteiger partial charge in [0.25, 0.3) is 0 Å². The Labute approximate surface area is 82.7 Å². The predicted octanol–water partition coefficient (Wildman–Crippen LogP) is 2.21. The highest BCUT2D eigenvalue weighted by molar-refractivity contribution is 4.63. The zero-order valence-corrected chi connectivity index (χ0v) is 9.02. The van der Waals surface area contributed by atoms with E-state index in [-0.39, 0.29) is 0 Å². The maximum atomic E-state index is 3.41. The van der Waals surface area contributed by atoms with Crippen molar-refractivity contribution < 1.29 is 0 Å². The highest BCUT2D eigenvalue weighted by atomic mass is 15.2. The van der Waals surface area contributed by atoms with Gasteiger partial charge in [0, 0.05) is 13.2 Å². The third-order valence-corrected chi connectivity index (χ3v) is 2.74. The molecular formula is C11H24N2. The molecule has 0 aromatic heterocycles. The summed E-state index contributed by atoms with van der Waals surface area (Å²) in [5, 5.41) is 3.41. The first-order valence-electron chi connectivity index (χ1n) is 5.86. The van der Waals surface area contributed by atoms with Crippen LogP contribution in [-0.2, 0) is 0 Å². The van der Waals surface area contributed by atoms with Crippen LogP contribution in [0.15, 0.2) is 0 Å². The number of nitrogens with one attached hydrogen (secondary N) is 1. The molecule has 0 amide bonds. The number of hydrogen-bond donors (Lipinski definition) is 1. The number of rotatable bonds is 6. The van der Waals surface area contributed by atoms with Crippen LogP contribution < -0.4 is 5.32 Å². The van der Waals surface area contributed by atoms with Gasteiger partial charge in [-0.3, -0.25) is 4.90 Å². The van der Waals surface area contributed by atoms with Crippen LogP contribution in [0.25, 0.3) is 0 Å². The van der Waals surface area contributed by atoms with E-state index in [4.69, 9.17) is 0 Å². The van der Waals surface area contributed by atoms with E-state index < -0.39 is 0 Å². The smallest absolute Gasteiger partial charge is 0.0480 e. The summed E-state index contributed by atoms with van der Waals surface area (Å²) in [5.41, 5.74) is 0. The van der Waals surface area contributed by atoms with Gasteiger partial charge >= 0.3 is 0 Å². The number of hydrogen-bond acceptors (Lipinski definition) is 2. The third-order valence-electron chi connectivity index (χ3n) is 2.74. The van der Waals surface area contributed by atoms with Crippen molar-refractivity contribution in [2.75, 3.05) is 26.3 Å². The number of nitrogens with zero attached hydrogens (tertiary/aromatic N) is 1. The van der Waals surface area contributed by atoms with Crippen LogP contribution in [-0.4, -0.2) is 31.2 Å². The fraction of sp³-hybridized carbons (Fsp3) is 1.00. The summed E-state index contributed by atoms with van der Waals surface area (Å²) >= 11 is 0. The Bertz CT molecular complexity index is 109. The monoisotopic (exact) mass is 184 g/mol. The highest BCUT2D eigenvalue weighted by Gasteiger charge is 2.07. The molecule has 0 bridgehead atoms. The van der Waals surface area contributed by atoms with Gasteiger partial charge in [0.05, 0.1) is 0 Å². The summed E-state index contributed by atoms with van der Waals surface area (Å²) in [6.45, 7) is 7.21. The first kappa shape index (κ1) is 11.0. The molecular weight excluding hydrogens is 160 g/mol. The van der Waals surface area contributed by atoms with Crippen LogP contribution >= 0.6 is 0 Å². The Kier molecular flexibility index (Phi) is 6.21. The lowest BCUT2D eigenvalue weighted by Gasteiger charge is -2.27. The largest absolute Gasteiger partial charge is 0.304 e. The van der Waals surface area contributed by atoms with Crippen molar-refractivity contribution in [2.45, 2.75) is 45.4 Å². The van der Waals surface area contributed by atoms with Gasteiger partial charge in [0.2, 0.25) is 0 Å². The molecule has 0 spiro atoms. The zero-order chi connectivity index (χ0) is 9.36. The van der Waals surface area contributed by atoms with Gasteiger partial charge < -0.3 is 5.32 Å². The molecule has 0 radical (unpaired) electrons. The van der Waals surface area contributed by atoms with Gasteiger partial charge in [0.15, 0.2) is 0 Å². The highest BCUT2D eigenvalue weighted by Crippen LogP contribution is 2.04. The second kappa shape index (κ2) is 7.34. The quantitative estimate of drug-likeness (QED) is 0.637. The van der Waals surface area contributed by atoms with E-state index in [0.717, 1.165) is 6.67 Å². The normalized spacial score (nSPS) is 19.2. The molecule has 1 rings (SSSR count). The molecule has 13 heavy (non-hydrogen) atoms. The molecule has 0 aromatic carbocycles. The van der Waals surface area contributed by atoms with Gasteiger partial charge in [-0.2, -0.15) is 0 Å². The second-order valence-corrected chi connectivity index (χ2v) is 4.04. The van der Waals surface area contributed by atoms with Gasteiger partial charge in [-0.25, -0.2) is 0 Å². The Hall–Kier alpha value is -0.0800. The second-order valence-electron chi connectivity index (χ2n) is 4.04. The standard InChI is InChI=1S/C11H24N2/c1-2-3-4-5-6-9-13-10-7-8-12-11-13/h12H,2-11H2,1H3. The Morgan fingerprint density at radius 2 is 2.00 bits per heavy atom. The van der Waals surface area contributed by atoms with Crippen LogP contribution in [0.1, 0.15) is 45.4 Å². The van der Waals surface area contributed by atoms with Crippen molar-refractivity contribution >= 4 is 0 Å². The van der Waals surface area contributed by atoms with E-state index in [0.29, 0.717) is 0 Å². The average molecular weight is 184 g/mol. The Balaban J connectivity index is 1.86. The molecule has 1 aliphatic rings. The Morgan fingerprint density at radius 1 is 1.15 bits per heavy atom. The SMILES string of the molecule is CCCCCCCN1CCCNC1. The first-order valence-corrected chi connectivity index (χ1v) is 5.86. The minimum Gasteiger partial charge on any atom is -0.304 e. The van der Waals surface area contributed by atoms with Crippen molar-refractivity contribution in [3.05, 3.63) is 0 Å². The molecule has 0 aromatic rings. The lowest BCUT2D eigenvalue weighted by molar-refractivity contribution is 0.211. The summed E-state index contributed by atoms with van der Waals surface area (Å²) in [6.07, 6.45) is 8.34. The topological polar surface area (TPSA) is 15.3 Å². The van der Waals surface area contributed by atoms with E-state index in [1.165, 1.54) is 58.2 Å². The van der Waals surface area contributed by atoms with Crippen molar-refractivity contribution in [2.24, 2.45) is 0 Å². The maximum Gasteiger partial charge on any atom is 0.0480 e. The summed E-state index contributed by atoms with van der Waals surface area (Å²) in [5.74, 6) is 0.